The first kappa shape index (κ1) is 18.3. The van der Waals surface area contributed by atoms with Gasteiger partial charge >= 0.3 is 0 Å². The van der Waals surface area contributed by atoms with Gasteiger partial charge in [-0.3, -0.25) is 9.69 Å². The summed E-state index contributed by atoms with van der Waals surface area (Å²) in [6.07, 6.45) is 6.39. The SMILES string of the molecule is Cc1ncsc1C(=O)N1C[C@@H]2C[C@H](C1)[C@@H]1CCC[C@H](Cc3ccccc3)N1C2. The largest absolute Gasteiger partial charge is 0.337 e. The monoisotopic (exact) mass is 395 g/mol. The molecule has 3 saturated heterocycles. The van der Waals surface area contributed by atoms with Gasteiger partial charge in [0.25, 0.3) is 5.91 Å². The first-order valence-corrected chi connectivity index (χ1v) is 11.6. The van der Waals surface area contributed by atoms with E-state index in [-0.39, 0.29) is 5.91 Å². The van der Waals surface area contributed by atoms with Crippen molar-refractivity contribution in [2.75, 3.05) is 19.6 Å². The maximum Gasteiger partial charge on any atom is 0.265 e. The van der Waals surface area contributed by atoms with Gasteiger partial charge < -0.3 is 4.90 Å². The van der Waals surface area contributed by atoms with Gasteiger partial charge in [0.2, 0.25) is 0 Å². The zero-order valence-electron chi connectivity index (χ0n) is 16.6. The van der Waals surface area contributed by atoms with E-state index < -0.39 is 0 Å². The highest BCUT2D eigenvalue weighted by atomic mass is 32.1. The van der Waals surface area contributed by atoms with E-state index in [1.165, 1.54) is 49.0 Å². The molecular weight excluding hydrogens is 366 g/mol. The molecule has 0 radical (unpaired) electrons. The Morgan fingerprint density at radius 1 is 1.18 bits per heavy atom. The van der Waals surface area contributed by atoms with Gasteiger partial charge in [-0.1, -0.05) is 36.8 Å². The van der Waals surface area contributed by atoms with E-state index in [1.54, 1.807) is 5.51 Å². The lowest BCUT2D eigenvalue weighted by Gasteiger charge is -2.55. The number of carbonyl (C=O) groups is 1. The Balaban J connectivity index is 1.32. The fourth-order valence-electron chi connectivity index (χ4n) is 5.83. The number of rotatable bonds is 3. The second kappa shape index (κ2) is 7.60. The van der Waals surface area contributed by atoms with Crippen LogP contribution in [0.2, 0.25) is 0 Å². The molecule has 0 aliphatic carbocycles. The Kier molecular flexibility index (Phi) is 4.97. The van der Waals surface area contributed by atoms with Gasteiger partial charge in [-0.15, -0.1) is 11.3 Å². The lowest BCUT2D eigenvalue weighted by Crippen LogP contribution is -2.62. The summed E-state index contributed by atoms with van der Waals surface area (Å²) in [5.41, 5.74) is 4.14. The van der Waals surface area contributed by atoms with Crippen molar-refractivity contribution in [1.29, 1.82) is 0 Å². The van der Waals surface area contributed by atoms with Crippen molar-refractivity contribution in [3.05, 3.63) is 52.0 Å². The highest BCUT2D eigenvalue weighted by Gasteiger charge is 2.45. The predicted molar refractivity (Wildman–Crippen MR) is 113 cm³/mol. The fourth-order valence-corrected chi connectivity index (χ4v) is 6.60. The van der Waals surface area contributed by atoms with Crippen molar-refractivity contribution in [2.45, 2.75) is 51.1 Å². The average molecular weight is 396 g/mol. The van der Waals surface area contributed by atoms with Crippen molar-refractivity contribution >= 4 is 17.2 Å². The first-order chi connectivity index (χ1) is 13.7. The minimum absolute atomic E-state index is 0.208. The molecule has 5 rings (SSSR count). The number of amides is 1. The summed E-state index contributed by atoms with van der Waals surface area (Å²) < 4.78 is 0. The number of piperidine rings is 3. The number of hydrogen-bond donors (Lipinski definition) is 0. The van der Waals surface area contributed by atoms with E-state index in [0.717, 1.165) is 30.2 Å². The van der Waals surface area contributed by atoms with Crippen LogP contribution in [0.25, 0.3) is 0 Å². The number of carbonyl (C=O) groups excluding carboxylic acids is 1. The molecule has 5 heteroatoms. The van der Waals surface area contributed by atoms with E-state index in [2.05, 4.69) is 45.1 Å². The van der Waals surface area contributed by atoms with Gasteiger partial charge in [0.15, 0.2) is 0 Å². The molecule has 3 fully saturated rings. The molecule has 4 atom stereocenters. The summed E-state index contributed by atoms with van der Waals surface area (Å²) in [4.78, 5) is 23.1. The Morgan fingerprint density at radius 2 is 2.04 bits per heavy atom. The minimum atomic E-state index is 0.208. The van der Waals surface area contributed by atoms with Crippen LogP contribution >= 0.6 is 11.3 Å². The molecule has 0 N–H and O–H groups in total. The molecule has 2 aromatic rings. The molecule has 1 aromatic carbocycles. The zero-order valence-corrected chi connectivity index (χ0v) is 17.4. The molecule has 0 unspecified atom stereocenters. The molecule has 4 heterocycles. The minimum Gasteiger partial charge on any atom is -0.337 e. The normalized spacial score (nSPS) is 30.1. The van der Waals surface area contributed by atoms with Crippen molar-refractivity contribution in [2.24, 2.45) is 11.8 Å². The molecule has 28 heavy (non-hydrogen) atoms. The van der Waals surface area contributed by atoms with Crippen molar-refractivity contribution < 1.29 is 4.79 Å². The second-order valence-corrected chi connectivity index (χ2v) is 9.73. The van der Waals surface area contributed by atoms with Crippen LogP contribution in [0.1, 0.15) is 46.6 Å². The number of thiazole rings is 1. The maximum atomic E-state index is 13.1. The van der Waals surface area contributed by atoms with Crippen molar-refractivity contribution in [1.82, 2.24) is 14.8 Å². The summed E-state index contributed by atoms with van der Waals surface area (Å²) in [6.45, 7) is 4.94. The van der Waals surface area contributed by atoms with Gasteiger partial charge in [0, 0.05) is 31.7 Å². The zero-order chi connectivity index (χ0) is 19.1. The van der Waals surface area contributed by atoms with Gasteiger partial charge in [-0.25, -0.2) is 4.98 Å². The number of nitrogens with zero attached hydrogens (tertiary/aromatic N) is 3. The third-order valence-electron chi connectivity index (χ3n) is 7.06. The number of aromatic nitrogens is 1. The number of likely N-dealkylation sites (tertiary alicyclic amines) is 1. The van der Waals surface area contributed by atoms with Gasteiger partial charge in [0.05, 0.1) is 11.2 Å². The number of benzene rings is 1. The van der Waals surface area contributed by atoms with Crippen LogP contribution in [0.15, 0.2) is 35.8 Å². The Morgan fingerprint density at radius 3 is 2.82 bits per heavy atom. The molecule has 3 aliphatic rings. The highest BCUT2D eigenvalue weighted by molar-refractivity contribution is 7.11. The topological polar surface area (TPSA) is 36.4 Å². The first-order valence-electron chi connectivity index (χ1n) is 10.7. The fraction of sp³-hybridized carbons (Fsp3) is 0.565. The number of fused-ring (bicyclic) bond motifs is 4. The standard InChI is InChI=1S/C23H29N3OS/c1-16-22(28-15-24-16)23(27)25-12-18-10-19(14-25)21-9-5-8-20(26(21)13-18)11-17-6-3-2-4-7-17/h2-4,6-7,15,18-21H,5,8-14H2,1H3/t18-,19+,20+,21-/m0/s1. The smallest absolute Gasteiger partial charge is 0.265 e. The predicted octanol–water partition coefficient (Wildman–Crippen LogP) is 4.01. The average Bonchev–Trinajstić information content (AvgIpc) is 3.14. The molecule has 0 saturated carbocycles. The van der Waals surface area contributed by atoms with Gasteiger partial charge in [-0.2, -0.15) is 0 Å². The van der Waals surface area contributed by atoms with Crippen molar-refractivity contribution in [3.63, 3.8) is 0 Å². The van der Waals surface area contributed by atoms with E-state index in [9.17, 15) is 4.79 Å². The van der Waals surface area contributed by atoms with E-state index in [1.807, 2.05) is 6.92 Å². The highest BCUT2D eigenvalue weighted by Crippen LogP contribution is 2.40. The van der Waals surface area contributed by atoms with Crippen LogP contribution in [0.3, 0.4) is 0 Å². The molecule has 148 valence electrons. The molecule has 2 bridgehead atoms. The van der Waals surface area contributed by atoms with E-state index >= 15 is 0 Å². The Bertz CT molecular complexity index is 835. The summed E-state index contributed by atoms with van der Waals surface area (Å²) >= 11 is 1.49. The van der Waals surface area contributed by atoms with Crippen LogP contribution in [-0.4, -0.2) is 52.4 Å². The quantitative estimate of drug-likeness (QED) is 0.788. The molecule has 1 amide bonds. The lowest BCUT2D eigenvalue weighted by molar-refractivity contribution is -0.0498. The number of hydrogen-bond acceptors (Lipinski definition) is 4. The maximum absolute atomic E-state index is 13.1. The van der Waals surface area contributed by atoms with Crippen molar-refractivity contribution in [3.8, 4) is 0 Å². The van der Waals surface area contributed by atoms with Gasteiger partial charge in [-0.05, 0) is 50.0 Å². The number of aryl methyl sites for hydroxylation is 1. The molecular formula is C23H29N3OS. The van der Waals surface area contributed by atoms with Gasteiger partial charge in [0.1, 0.15) is 4.88 Å². The molecule has 4 nitrogen and oxygen atoms in total. The Labute approximate surface area is 171 Å². The molecule has 3 aliphatic heterocycles. The summed E-state index contributed by atoms with van der Waals surface area (Å²) in [5, 5.41) is 0. The Hall–Kier alpha value is -1.72. The van der Waals surface area contributed by atoms with Crippen LogP contribution < -0.4 is 0 Å². The summed E-state index contributed by atoms with van der Waals surface area (Å²) in [6, 6.07) is 12.3. The van der Waals surface area contributed by atoms with Crippen LogP contribution in [0.4, 0.5) is 0 Å². The summed E-state index contributed by atoms with van der Waals surface area (Å²) in [5.74, 6) is 1.45. The third kappa shape index (κ3) is 3.39. The lowest BCUT2D eigenvalue weighted by atomic mass is 9.74. The van der Waals surface area contributed by atoms with Crippen LogP contribution in [0.5, 0.6) is 0 Å². The molecule has 1 aromatic heterocycles. The van der Waals surface area contributed by atoms with E-state index in [4.69, 9.17) is 0 Å². The molecule has 0 spiro atoms. The summed E-state index contributed by atoms with van der Waals surface area (Å²) in [7, 11) is 0. The van der Waals surface area contributed by atoms with Crippen LogP contribution in [-0.2, 0) is 6.42 Å². The van der Waals surface area contributed by atoms with Crippen LogP contribution in [0, 0.1) is 18.8 Å². The third-order valence-corrected chi connectivity index (χ3v) is 7.97. The second-order valence-electron chi connectivity index (χ2n) is 8.88. The van der Waals surface area contributed by atoms with E-state index in [0.29, 0.717) is 23.9 Å².